The van der Waals surface area contributed by atoms with E-state index in [0.29, 0.717) is 6.42 Å². The topological polar surface area (TPSA) is 53.7 Å². The molecule has 2 aromatic heterocycles. The normalized spacial score (nSPS) is 19.2. The molecule has 130 valence electrons. The van der Waals surface area contributed by atoms with E-state index in [4.69, 9.17) is 0 Å². The summed E-state index contributed by atoms with van der Waals surface area (Å²) < 4.78 is 1.89. The Kier molecular flexibility index (Phi) is 4.58. The van der Waals surface area contributed by atoms with Gasteiger partial charge < -0.3 is 9.80 Å². The number of likely N-dealkylation sites (N-methyl/N-ethyl adjacent to an activating group) is 1. The minimum absolute atomic E-state index is 0.242. The average molecular weight is 329 g/mol. The van der Waals surface area contributed by atoms with Crippen LogP contribution in [0.25, 0.3) is 5.65 Å². The molecule has 6 nitrogen and oxygen atoms in total. The van der Waals surface area contributed by atoms with Gasteiger partial charge in [0.25, 0.3) is 0 Å². The maximum absolute atomic E-state index is 12.6. The van der Waals surface area contributed by atoms with E-state index in [0.717, 1.165) is 54.3 Å². The van der Waals surface area contributed by atoms with E-state index in [9.17, 15) is 4.79 Å². The number of carbonyl (C=O) groups is 1. The minimum atomic E-state index is 0.242. The highest BCUT2D eigenvalue weighted by Crippen LogP contribution is 2.18. The lowest BCUT2D eigenvalue weighted by Crippen LogP contribution is -2.52. The molecule has 0 bridgehead atoms. The van der Waals surface area contributed by atoms with Crippen LogP contribution in [0.4, 0.5) is 0 Å². The van der Waals surface area contributed by atoms with E-state index >= 15 is 0 Å². The molecule has 1 atom stereocenters. The first kappa shape index (κ1) is 16.9. The van der Waals surface area contributed by atoms with Crippen molar-refractivity contribution in [1.82, 2.24) is 24.4 Å². The van der Waals surface area contributed by atoms with Crippen LogP contribution in [0.5, 0.6) is 0 Å². The highest BCUT2D eigenvalue weighted by Gasteiger charge is 2.25. The molecule has 1 aliphatic rings. The Hall–Kier alpha value is -1.95. The van der Waals surface area contributed by atoms with Crippen molar-refractivity contribution in [3.8, 4) is 0 Å². The zero-order valence-electron chi connectivity index (χ0n) is 15.3. The van der Waals surface area contributed by atoms with Gasteiger partial charge in [-0.15, -0.1) is 0 Å². The molecule has 0 aromatic carbocycles. The van der Waals surface area contributed by atoms with E-state index in [1.54, 1.807) is 0 Å². The molecule has 0 unspecified atom stereocenters. The van der Waals surface area contributed by atoms with Crippen molar-refractivity contribution in [3.05, 3.63) is 28.7 Å². The van der Waals surface area contributed by atoms with E-state index in [-0.39, 0.29) is 11.9 Å². The number of hydrogen-bond acceptors (Lipinski definition) is 4. The van der Waals surface area contributed by atoms with E-state index in [1.807, 2.05) is 29.3 Å². The van der Waals surface area contributed by atoms with Crippen LogP contribution < -0.4 is 0 Å². The molecular formula is C18H27N5O. The lowest BCUT2D eigenvalue weighted by atomic mass is 10.0. The molecule has 0 spiro atoms. The van der Waals surface area contributed by atoms with Gasteiger partial charge in [0.15, 0.2) is 5.65 Å². The number of rotatable bonds is 3. The van der Waals surface area contributed by atoms with Gasteiger partial charge >= 0.3 is 0 Å². The summed E-state index contributed by atoms with van der Waals surface area (Å²) in [5, 5.41) is 4.51. The molecule has 3 rings (SSSR count). The van der Waals surface area contributed by atoms with Gasteiger partial charge in [-0.3, -0.25) is 4.79 Å². The molecule has 24 heavy (non-hydrogen) atoms. The molecule has 6 heteroatoms. The van der Waals surface area contributed by atoms with Gasteiger partial charge in [0, 0.05) is 49.6 Å². The van der Waals surface area contributed by atoms with Crippen LogP contribution >= 0.6 is 0 Å². The second kappa shape index (κ2) is 6.51. The summed E-state index contributed by atoms with van der Waals surface area (Å²) >= 11 is 0. The Morgan fingerprint density at radius 1 is 1.29 bits per heavy atom. The number of aryl methyl sites for hydroxylation is 3. The van der Waals surface area contributed by atoms with Crippen LogP contribution in [0.2, 0.25) is 0 Å². The van der Waals surface area contributed by atoms with Crippen LogP contribution in [0.15, 0.2) is 6.07 Å². The molecule has 2 aromatic rings. The van der Waals surface area contributed by atoms with Crippen molar-refractivity contribution < 1.29 is 4.79 Å². The molecule has 1 saturated heterocycles. The van der Waals surface area contributed by atoms with Gasteiger partial charge in [0.1, 0.15) is 0 Å². The Morgan fingerprint density at radius 2 is 2.04 bits per heavy atom. The first-order chi connectivity index (χ1) is 11.4. The van der Waals surface area contributed by atoms with Gasteiger partial charge in [-0.05, 0) is 46.7 Å². The van der Waals surface area contributed by atoms with E-state index in [2.05, 4.69) is 35.9 Å². The third-order valence-corrected chi connectivity index (χ3v) is 5.03. The highest BCUT2D eigenvalue weighted by atomic mass is 16.2. The summed E-state index contributed by atoms with van der Waals surface area (Å²) in [6, 6.07) is 2.27. The summed E-state index contributed by atoms with van der Waals surface area (Å²) in [5.74, 6) is 0.242. The molecule has 0 radical (unpaired) electrons. The quantitative estimate of drug-likeness (QED) is 0.861. The molecule has 3 heterocycles. The van der Waals surface area contributed by atoms with Gasteiger partial charge in [0.05, 0.1) is 5.69 Å². The minimum Gasteiger partial charge on any atom is -0.337 e. The molecule has 1 aliphatic heterocycles. The Morgan fingerprint density at radius 3 is 2.75 bits per heavy atom. The maximum atomic E-state index is 12.6. The SMILES string of the molecule is Cc1cc2nc(C)c(CCC(=O)N3CCN(C)C[C@H]3C)c(C)n2n1. The fourth-order valence-electron chi connectivity index (χ4n) is 3.69. The predicted molar refractivity (Wildman–Crippen MR) is 94.2 cm³/mol. The lowest BCUT2D eigenvalue weighted by Gasteiger charge is -2.38. The van der Waals surface area contributed by atoms with Crippen molar-refractivity contribution in [2.24, 2.45) is 0 Å². The van der Waals surface area contributed by atoms with Gasteiger partial charge in [-0.25, -0.2) is 9.50 Å². The first-order valence-corrected chi connectivity index (χ1v) is 8.67. The lowest BCUT2D eigenvalue weighted by molar-refractivity contribution is -0.135. The van der Waals surface area contributed by atoms with Gasteiger partial charge in [-0.1, -0.05) is 0 Å². The van der Waals surface area contributed by atoms with Crippen molar-refractivity contribution in [2.75, 3.05) is 26.7 Å². The summed E-state index contributed by atoms with van der Waals surface area (Å²) in [7, 11) is 2.11. The smallest absolute Gasteiger partial charge is 0.223 e. The fraction of sp³-hybridized carbons (Fsp3) is 0.611. The number of fused-ring (bicyclic) bond motifs is 1. The van der Waals surface area contributed by atoms with Crippen molar-refractivity contribution in [1.29, 1.82) is 0 Å². The largest absolute Gasteiger partial charge is 0.337 e. The third kappa shape index (κ3) is 3.15. The predicted octanol–water partition coefficient (Wildman–Crippen LogP) is 1.75. The number of nitrogens with zero attached hydrogens (tertiary/aromatic N) is 5. The third-order valence-electron chi connectivity index (χ3n) is 5.03. The Bertz CT molecular complexity index is 766. The summed E-state index contributed by atoms with van der Waals surface area (Å²) in [6.07, 6.45) is 1.25. The monoisotopic (exact) mass is 329 g/mol. The van der Waals surface area contributed by atoms with Crippen molar-refractivity contribution in [2.45, 2.75) is 46.6 Å². The first-order valence-electron chi connectivity index (χ1n) is 8.67. The van der Waals surface area contributed by atoms with Crippen molar-refractivity contribution >= 4 is 11.6 Å². The Balaban J connectivity index is 1.74. The number of carbonyl (C=O) groups excluding carboxylic acids is 1. The second-order valence-corrected chi connectivity index (χ2v) is 7.02. The molecule has 0 aliphatic carbocycles. The summed E-state index contributed by atoms with van der Waals surface area (Å²) in [5.41, 5.74) is 5.07. The van der Waals surface area contributed by atoms with Gasteiger partial charge in [-0.2, -0.15) is 5.10 Å². The number of piperazine rings is 1. The number of hydrogen-bond donors (Lipinski definition) is 0. The van der Waals surface area contributed by atoms with E-state index in [1.165, 1.54) is 0 Å². The Labute approximate surface area is 143 Å². The number of aromatic nitrogens is 3. The van der Waals surface area contributed by atoms with E-state index < -0.39 is 0 Å². The fourth-order valence-corrected chi connectivity index (χ4v) is 3.69. The van der Waals surface area contributed by atoms with Crippen molar-refractivity contribution in [3.63, 3.8) is 0 Å². The van der Waals surface area contributed by atoms with Gasteiger partial charge in [0.2, 0.25) is 5.91 Å². The zero-order valence-corrected chi connectivity index (χ0v) is 15.3. The average Bonchev–Trinajstić information content (AvgIpc) is 2.87. The molecule has 1 amide bonds. The number of amides is 1. The molecule has 0 N–H and O–H groups in total. The molecular weight excluding hydrogens is 302 g/mol. The van der Waals surface area contributed by atoms with Crippen LogP contribution in [0, 0.1) is 20.8 Å². The maximum Gasteiger partial charge on any atom is 0.223 e. The summed E-state index contributed by atoms with van der Waals surface area (Å²) in [4.78, 5) is 21.6. The standard InChI is InChI=1S/C18H27N5O/c1-12-10-17-19-14(3)16(15(4)23(17)20-12)6-7-18(24)22-9-8-21(5)11-13(22)2/h10,13H,6-9,11H2,1-5H3/t13-/m1/s1. The second-order valence-electron chi connectivity index (χ2n) is 7.02. The highest BCUT2D eigenvalue weighted by molar-refractivity contribution is 5.77. The summed E-state index contributed by atoms with van der Waals surface area (Å²) in [6.45, 7) is 10.9. The van der Waals surface area contributed by atoms with Crippen LogP contribution in [0.3, 0.4) is 0 Å². The zero-order chi connectivity index (χ0) is 17.4. The van der Waals surface area contributed by atoms with Crippen LogP contribution in [-0.2, 0) is 11.2 Å². The molecule has 1 fully saturated rings. The molecule has 0 saturated carbocycles. The van der Waals surface area contributed by atoms with Crippen LogP contribution in [0.1, 0.15) is 36.0 Å². The van der Waals surface area contributed by atoms with Crippen LogP contribution in [-0.4, -0.2) is 63.0 Å².